The van der Waals surface area contributed by atoms with Gasteiger partial charge in [-0.05, 0) is 49.4 Å². The summed E-state index contributed by atoms with van der Waals surface area (Å²) in [7, 11) is 3.70. The van der Waals surface area contributed by atoms with Crippen molar-refractivity contribution in [3.63, 3.8) is 0 Å². The van der Waals surface area contributed by atoms with Crippen LogP contribution in [0.3, 0.4) is 0 Å². The van der Waals surface area contributed by atoms with E-state index in [4.69, 9.17) is 14.6 Å². The maximum atomic E-state index is 12.7. The predicted octanol–water partition coefficient (Wildman–Crippen LogP) is 1.14. The number of aliphatic hydroxyl groups is 2. The number of imidazole rings is 1. The predicted molar refractivity (Wildman–Crippen MR) is 124 cm³/mol. The van der Waals surface area contributed by atoms with E-state index in [2.05, 4.69) is 23.0 Å². The lowest BCUT2D eigenvalue weighted by Crippen LogP contribution is -2.76. The molecule has 11 heteroatoms. The lowest BCUT2D eigenvalue weighted by Gasteiger charge is -2.62. The smallest absolute Gasteiger partial charge is 0.342 e. The van der Waals surface area contributed by atoms with Crippen LogP contribution >= 0.6 is 0 Å². The molecule has 2 aliphatic carbocycles. The number of hydrogen-bond donors (Lipinski definition) is 2. The van der Waals surface area contributed by atoms with Crippen LogP contribution in [-0.2, 0) is 23.2 Å². The van der Waals surface area contributed by atoms with Crippen LogP contribution in [0.1, 0.15) is 36.2 Å². The molecule has 2 bridgehead atoms. The summed E-state index contributed by atoms with van der Waals surface area (Å²) in [4.78, 5) is 28.5. The highest BCUT2D eigenvalue weighted by Gasteiger charge is 2.72. The molecule has 2 aliphatic heterocycles. The maximum Gasteiger partial charge on any atom is 0.342 e. The Bertz CT molecular complexity index is 1200. The lowest BCUT2D eigenvalue weighted by molar-refractivity contribution is -0.392. The molecule has 2 N–H and O–H groups in total. The van der Waals surface area contributed by atoms with Crippen LogP contribution in [0.15, 0.2) is 18.3 Å². The van der Waals surface area contributed by atoms with Crippen molar-refractivity contribution in [2.45, 2.75) is 62.3 Å². The van der Waals surface area contributed by atoms with E-state index in [0.717, 1.165) is 24.9 Å². The molecular weight excluding hydrogens is 456 g/mol. The average Bonchev–Trinajstić information content (AvgIpc) is 3.38. The zero-order valence-electron chi connectivity index (χ0n) is 20.1. The fourth-order valence-electron chi connectivity index (χ4n) is 6.66. The van der Waals surface area contributed by atoms with Crippen molar-refractivity contribution in [1.29, 1.82) is 0 Å². The number of benzene rings is 1. The Morgan fingerprint density at radius 3 is 2.83 bits per heavy atom. The van der Waals surface area contributed by atoms with Gasteiger partial charge >= 0.3 is 5.82 Å². The zero-order valence-corrected chi connectivity index (χ0v) is 20.1. The number of aromatic nitrogens is 2. The number of methoxy groups -OCH3 is 1. The molecule has 1 aromatic carbocycles. The minimum absolute atomic E-state index is 0.0438. The highest BCUT2D eigenvalue weighted by atomic mass is 16.6. The van der Waals surface area contributed by atoms with Gasteiger partial charge in [0.25, 0.3) is 0 Å². The third-order valence-electron chi connectivity index (χ3n) is 8.27. The molecule has 1 saturated carbocycles. The maximum absolute atomic E-state index is 12.7. The van der Waals surface area contributed by atoms with Crippen LogP contribution < -0.4 is 9.47 Å². The van der Waals surface area contributed by atoms with Crippen LogP contribution in [0.4, 0.5) is 5.82 Å². The van der Waals surface area contributed by atoms with Crippen molar-refractivity contribution >= 4 is 11.6 Å². The van der Waals surface area contributed by atoms with Crippen LogP contribution in [0, 0.1) is 17.0 Å². The van der Waals surface area contributed by atoms with Crippen LogP contribution in [0.5, 0.6) is 11.5 Å². The van der Waals surface area contributed by atoms with E-state index in [0.29, 0.717) is 30.2 Å². The van der Waals surface area contributed by atoms with E-state index in [9.17, 15) is 20.0 Å². The van der Waals surface area contributed by atoms with Gasteiger partial charge in [-0.15, -0.1) is 0 Å². The molecule has 4 aliphatic rings. The summed E-state index contributed by atoms with van der Waals surface area (Å²) in [5.74, 6) is 1.92. The normalized spacial score (nSPS) is 30.1. The monoisotopic (exact) mass is 486 g/mol. The highest BCUT2D eigenvalue weighted by molar-refractivity contribution is 5.90. The number of piperidine rings is 1. The number of aliphatic hydroxyl groups excluding tert-OH is 1. The second-order valence-corrected chi connectivity index (χ2v) is 9.74. The molecule has 0 radical (unpaired) electrons. The Kier molecular flexibility index (Phi) is 5.61. The molecule has 1 spiro atoms. The lowest BCUT2D eigenvalue weighted by atomic mass is 9.49. The first-order valence-corrected chi connectivity index (χ1v) is 11.8. The molecule has 0 amide bonds. The van der Waals surface area contributed by atoms with Crippen molar-refractivity contribution < 1.29 is 29.4 Å². The molecule has 6 rings (SSSR count). The summed E-state index contributed by atoms with van der Waals surface area (Å²) in [6.45, 7) is 2.61. The molecule has 3 heterocycles. The van der Waals surface area contributed by atoms with E-state index in [1.54, 1.807) is 14.0 Å². The number of carbonyl (C=O) groups is 1. The molecule has 1 aromatic heterocycles. The Morgan fingerprint density at radius 1 is 1.37 bits per heavy atom. The zero-order chi connectivity index (χ0) is 25.1. The first-order valence-electron chi connectivity index (χ1n) is 11.8. The van der Waals surface area contributed by atoms with Gasteiger partial charge < -0.3 is 34.7 Å². The van der Waals surface area contributed by atoms with E-state index in [1.807, 2.05) is 6.07 Å². The largest absolute Gasteiger partial charge is 0.493 e. The second-order valence-electron chi connectivity index (χ2n) is 9.74. The number of Topliss-reactive ketones (excluding diaryl/α,β-unsaturated/α-hetero) is 1. The SMILES string of the molecule is COc1ccc2c3c1O[C@H]1C(=O)CC[C@@]4(O)[C@@H](C2)N(C)CC[C@]314.Cc1ncc([N+](=O)[O-])n1CCO. The number of hydrogen-bond acceptors (Lipinski definition) is 9. The molecule has 0 unspecified atom stereocenters. The summed E-state index contributed by atoms with van der Waals surface area (Å²) in [6.07, 6.45) is 3.08. The van der Waals surface area contributed by atoms with Crippen LogP contribution in [0.25, 0.3) is 0 Å². The number of nitro groups is 1. The minimum Gasteiger partial charge on any atom is -0.493 e. The summed E-state index contributed by atoms with van der Waals surface area (Å²) in [5, 5.41) is 30.7. The van der Waals surface area contributed by atoms with Gasteiger partial charge in [-0.2, -0.15) is 0 Å². The Balaban J connectivity index is 0.000000180. The Labute approximate surface area is 202 Å². The number of carbonyl (C=O) groups excluding carboxylic acids is 1. The van der Waals surface area contributed by atoms with E-state index in [1.165, 1.54) is 16.3 Å². The number of nitrogens with zero attached hydrogens (tertiary/aromatic N) is 4. The molecule has 35 heavy (non-hydrogen) atoms. The van der Waals surface area contributed by atoms with Gasteiger partial charge in [-0.3, -0.25) is 4.79 Å². The standard InChI is InChI=1S/C18H21NO4.C6H9N3O3/c1-19-8-7-17-14-10-3-4-12(22-2)15(14)23-16(17)11(20)5-6-18(17,21)13(19)9-10;1-5-7-4-6(9(11)12)8(5)2-3-10/h3-4,13,16,21H,5-9H2,1-2H3;4,10H,2-3H2,1H3/t13-,16+,17+,18-;/m1./s1. The molecule has 2 aromatic rings. The van der Waals surface area contributed by atoms with Gasteiger partial charge in [0.2, 0.25) is 0 Å². The summed E-state index contributed by atoms with van der Waals surface area (Å²) in [6, 6.07) is 4.05. The Hall–Kier alpha value is -3.02. The highest BCUT2D eigenvalue weighted by Crippen LogP contribution is 2.64. The number of likely N-dealkylation sites (N-methyl/N-ethyl adjacent to an activating group) is 1. The van der Waals surface area contributed by atoms with Gasteiger partial charge in [0, 0.05) is 24.9 Å². The average molecular weight is 487 g/mol. The number of rotatable bonds is 4. The molecule has 2 fully saturated rings. The van der Waals surface area contributed by atoms with E-state index < -0.39 is 22.0 Å². The number of ether oxygens (including phenoxy) is 2. The van der Waals surface area contributed by atoms with Gasteiger partial charge in [-0.1, -0.05) is 6.07 Å². The number of ketones is 1. The first kappa shape index (κ1) is 23.7. The number of likely N-dealkylation sites (tertiary alicyclic amines) is 1. The third-order valence-corrected chi connectivity index (χ3v) is 8.27. The molecule has 188 valence electrons. The van der Waals surface area contributed by atoms with Crippen molar-refractivity contribution in [2.24, 2.45) is 0 Å². The van der Waals surface area contributed by atoms with E-state index >= 15 is 0 Å². The fraction of sp³-hybridized carbons (Fsp3) is 0.583. The number of aryl methyl sites for hydroxylation is 1. The van der Waals surface area contributed by atoms with Crippen molar-refractivity contribution in [3.05, 3.63) is 45.4 Å². The molecule has 1 saturated heterocycles. The van der Waals surface area contributed by atoms with Gasteiger partial charge in [0.1, 0.15) is 12.7 Å². The van der Waals surface area contributed by atoms with Gasteiger partial charge in [0.05, 0.1) is 24.7 Å². The summed E-state index contributed by atoms with van der Waals surface area (Å²) >= 11 is 0. The van der Waals surface area contributed by atoms with E-state index in [-0.39, 0.29) is 30.8 Å². The second kappa shape index (κ2) is 8.28. The van der Waals surface area contributed by atoms with Crippen molar-refractivity contribution in [3.8, 4) is 11.5 Å². The molecule has 11 nitrogen and oxygen atoms in total. The van der Waals surface area contributed by atoms with Gasteiger partial charge in [-0.25, -0.2) is 9.55 Å². The van der Waals surface area contributed by atoms with Crippen LogP contribution in [-0.4, -0.2) is 80.4 Å². The third kappa shape index (κ3) is 3.14. The fourth-order valence-corrected chi connectivity index (χ4v) is 6.66. The Morgan fingerprint density at radius 2 is 2.14 bits per heavy atom. The van der Waals surface area contributed by atoms with Crippen molar-refractivity contribution in [1.82, 2.24) is 14.5 Å². The summed E-state index contributed by atoms with van der Waals surface area (Å²) in [5.41, 5.74) is 0.737. The molecule has 4 atom stereocenters. The minimum atomic E-state index is -0.900. The van der Waals surface area contributed by atoms with Gasteiger partial charge in [0.15, 0.2) is 29.2 Å². The van der Waals surface area contributed by atoms with Crippen molar-refractivity contribution in [2.75, 3.05) is 27.3 Å². The topological polar surface area (TPSA) is 140 Å². The quantitative estimate of drug-likeness (QED) is 0.481. The summed E-state index contributed by atoms with van der Waals surface area (Å²) < 4.78 is 13.0. The van der Waals surface area contributed by atoms with Crippen LogP contribution in [0.2, 0.25) is 0 Å². The first-order chi connectivity index (χ1) is 16.7. The molecular formula is C24H30N4O7.